The Morgan fingerprint density at radius 2 is 1.73 bits per heavy atom. The number of methoxy groups -OCH3 is 1. The van der Waals surface area contributed by atoms with Gasteiger partial charge in [0, 0.05) is 25.7 Å². The summed E-state index contributed by atoms with van der Waals surface area (Å²) in [6.07, 6.45) is 1.08. The molecule has 1 aliphatic rings. The quantitative estimate of drug-likeness (QED) is 0.663. The number of benzene rings is 2. The van der Waals surface area contributed by atoms with Crippen LogP contribution in [0.4, 0.5) is 5.82 Å². The molecule has 0 atom stereocenters. The maximum atomic E-state index is 13.2. The lowest BCUT2D eigenvalue weighted by Crippen LogP contribution is -2.29. The number of rotatable bonds is 4. The molecule has 4 rings (SSSR count). The van der Waals surface area contributed by atoms with E-state index in [1.807, 2.05) is 48.5 Å². The van der Waals surface area contributed by atoms with Crippen LogP contribution in [0.25, 0.3) is 11.3 Å². The van der Waals surface area contributed by atoms with E-state index in [9.17, 15) is 4.79 Å². The normalized spacial score (nSPS) is 13.4. The number of carbonyl (C=O) groups excluding carboxylic acids is 1. The van der Waals surface area contributed by atoms with Gasteiger partial charge in [0.25, 0.3) is 0 Å². The number of carbonyl (C=O) groups is 1. The van der Waals surface area contributed by atoms with Gasteiger partial charge in [0.15, 0.2) is 5.78 Å². The zero-order chi connectivity index (χ0) is 18.1. The monoisotopic (exact) mass is 346 g/mol. The molecule has 0 bridgehead atoms. The van der Waals surface area contributed by atoms with E-state index in [2.05, 4.69) is 28.6 Å². The van der Waals surface area contributed by atoms with Gasteiger partial charge in [-0.1, -0.05) is 30.3 Å². The number of hydrogen-bond donors (Lipinski definition) is 0. The Bertz CT molecular complexity index is 927. The molecule has 1 aliphatic heterocycles. The summed E-state index contributed by atoms with van der Waals surface area (Å²) in [5.74, 6) is 1.81. The maximum Gasteiger partial charge on any atom is 0.196 e. The molecule has 0 radical (unpaired) electrons. The minimum absolute atomic E-state index is 0.0485. The summed E-state index contributed by atoms with van der Waals surface area (Å²) < 4.78 is 7.47. The summed E-state index contributed by atoms with van der Waals surface area (Å²) in [4.78, 5) is 15.4. The first-order chi connectivity index (χ1) is 12.7. The van der Waals surface area contributed by atoms with Crippen LogP contribution in [0, 0.1) is 0 Å². The van der Waals surface area contributed by atoms with Crippen molar-refractivity contribution in [1.29, 1.82) is 0 Å². The third-order valence-corrected chi connectivity index (χ3v) is 4.97. The van der Waals surface area contributed by atoms with Crippen molar-refractivity contribution in [3.63, 3.8) is 0 Å². The number of hydrogen-bond acceptors (Lipinski definition) is 3. The standard InChI is InChI=1S/C22H22N2O2/c1-23-13-6-14-24-20(16-7-4-3-5-8-16)15-19(22(23)24)21(25)17-9-11-18(26-2)12-10-17/h3-5,7-12,15H,6,13-14H2,1-2H3. The lowest BCUT2D eigenvalue weighted by atomic mass is 10.0. The van der Waals surface area contributed by atoms with Gasteiger partial charge in [-0.2, -0.15) is 0 Å². The molecule has 1 aromatic heterocycles. The second-order valence-electron chi connectivity index (χ2n) is 6.62. The van der Waals surface area contributed by atoms with Crippen molar-refractivity contribution in [1.82, 2.24) is 4.57 Å². The van der Waals surface area contributed by atoms with Gasteiger partial charge in [0.1, 0.15) is 11.6 Å². The molecule has 0 aliphatic carbocycles. The summed E-state index contributed by atoms with van der Waals surface area (Å²) in [7, 11) is 3.69. The summed E-state index contributed by atoms with van der Waals surface area (Å²) in [6.45, 7) is 1.89. The lowest BCUT2D eigenvalue weighted by molar-refractivity contribution is 0.103. The second kappa shape index (κ2) is 6.71. The van der Waals surface area contributed by atoms with Crippen LogP contribution >= 0.6 is 0 Å². The topological polar surface area (TPSA) is 34.5 Å². The number of aromatic nitrogens is 1. The van der Waals surface area contributed by atoms with Crippen molar-refractivity contribution in [2.75, 3.05) is 25.6 Å². The molecule has 0 amide bonds. The Morgan fingerprint density at radius 1 is 1.00 bits per heavy atom. The van der Waals surface area contributed by atoms with Crippen molar-refractivity contribution in [3.8, 4) is 17.0 Å². The van der Waals surface area contributed by atoms with Crippen LogP contribution in [0.2, 0.25) is 0 Å². The van der Waals surface area contributed by atoms with E-state index in [0.29, 0.717) is 5.56 Å². The highest BCUT2D eigenvalue weighted by atomic mass is 16.5. The first-order valence-electron chi connectivity index (χ1n) is 8.88. The molecule has 0 saturated heterocycles. The first-order valence-corrected chi connectivity index (χ1v) is 8.88. The SMILES string of the molecule is COc1ccc(C(=O)c2cc(-c3ccccc3)n3c2N(C)CCC3)cc1. The fraction of sp³-hybridized carbons (Fsp3) is 0.227. The van der Waals surface area contributed by atoms with Crippen LogP contribution in [0.15, 0.2) is 60.7 Å². The van der Waals surface area contributed by atoms with Crippen LogP contribution in [-0.4, -0.2) is 31.1 Å². The second-order valence-corrected chi connectivity index (χ2v) is 6.62. The van der Waals surface area contributed by atoms with Crippen LogP contribution in [0.1, 0.15) is 22.3 Å². The van der Waals surface area contributed by atoms with Crippen molar-refractivity contribution < 1.29 is 9.53 Å². The van der Waals surface area contributed by atoms with Crippen molar-refractivity contribution in [2.45, 2.75) is 13.0 Å². The highest BCUT2D eigenvalue weighted by molar-refractivity contribution is 6.13. The number of ketones is 1. The van der Waals surface area contributed by atoms with Gasteiger partial charge >= 0.3 is 0 Å². The van der Waals surface area contributed by atoms with E-state index in [-0.39, 0.29) is 5.78 Å². The average Bonchev–Trinajstić information content (AvgIpc) is 3.09. The molecular weight excluding hydrogens is 324 g/mol. The largest absolute Gasteiger partial charge is 0.497 e. The van der Waals surface area contributed by atoms with E-state index in [4.69, 9.17) is 4.74 Å². The van der Waals surface area contributed by atoms with Gasteiger partial charge in [-0.15, -0.1) is 0 Å². The van der Waals surface area contributed by atoms with Gasteiger partial charge in [0.05, 0.1) is 18.4 Å². The molecule has 4 nitrogen and oxygen atoms in total. The Kier molecular flexibility index (Phi) is 4.25. The molecule has 132 valence electrons. The Morgan fingerprint density at radius 3 is 2.42 bits per heavy atom. The summed E-state index contributed by atoms with van der Waals surface area (Å²) in [5.41, 5.74) is 3.68. The zero-order valence-corrected chi connectivity index (χ0v) is 15.1. The molecule has 4 heteroatoms. The van der Waals surface area contributed by atoms with Crippen LogP contribution in [-0.2, 0) is 6.54 Å². The molecule has 0 fully saturated rings. The van der Waals surface area contributed by atoms with Gasteiger partial charge in [0.2, 0.25) is 0 Å². The van der Waals surface area contributed by atoms with E-state index in [1.54, 1.807) is 7.11 Å². The Balaban J connectivity index is 1.83. The number of fused-ring (bicyclic) bond motifs is 1. The van der Waals surface area contributed by atoms with Crippen LogP contribution < -0.4 is 9.64 Å². The van der Waals surface area contributed by atoms with E-state index in [0.717, 1.165) is 47.9 Å². The first kappa shape index (κ1) is 16.5. The molecule has 0 unspecified atom stereocenters. The minimum Gasteiger partial charge on any atom is -0.497 e. The smallest absolute Gasteiger partial charge is 0.196 e. The van der Waals surface area contributed by atoms with Gasteiger partial charge in [-0.05, 0) is 42.3 Å². The average molecular weight is 346 g/mol. The van der Waals surface area contributed by atoms with Crippen molar-refractivity contribution in [2.24, 2.45) is 0 Å². The van der Waals surface area contributed by atoms with Gasteiger partial charge in [-0.3, -0.25) is 4.79 Å². The highest BCUT2D eigenvalue weighted by Crippen LogP contribution is 2.35. The fourth-order valence-electron chi connectivity index (χ4n) is 3.66. The van der Waals surface area contributed by atoms with Crippen molar-refractivity contribution in [3.05, 3.63) is 71.8 Å². The summed E-state index contributed by atoms with van der Waals surface area (Å²) >= 11 is 0. The third kappa shape index (κ3) is 2.77. The predicted octanol–water partition coefficient (Wildman–Crippen LogP) is 4.23. The maximum absolute atomic E-state index is 13.2. The van der Waals surface area contributed by atoms with E-state index in [1.165, 1.54) is 0 Å². The van der Waals surface area contributed by atoms with Gasteiger partial charge < -0.3 is 14.2 Å². The van der Waals surface area contributed by atoms with Crippen LogP contribution in [0.5, 0.6) is 5.75 Å². The molecule has 0 spiro atoms. The summed E-state index contributed by atoms with van der Waals surface area (Å²) in [6, 6.07) is 19.6. The minimum atomic E-state index is 0.0485. The molecule has 26 heavy (non-hydrogen) atoms. The molecule has 0 saturated carbocycles. The predicted molar refractivity (Wildman–Crippen MR) is 104 cm³/mol. The van der Waals surface area contributed by atoms with Crippen LogP contribution in [0.3, 0.4) is 0 Å². The van der Waals surface area contributed by atoms with Crippen molar-refractivity contribution >= 4 is 11.6 Å². The molecular formula is C22H22N2O2. The fourth-order valence-corrected chi connectivity index (χ4v) is 3.66. The lowest BCUT2D eigenvalue weighted by Gasteiger charge is -2.29. The zero-order valence-electron chi connectivity index (χ0n) is 15.1. The molecule has 2 heterocycles. The number of nitrogens with zero attached hydrogens (tertiary/aromatic N) is 2. The Labute approximate surface area is 153 Å². The Hall–Kier alpha value is -3.01. The number of ether oxygens (including phenoxy) is 1. The third-order valence-electron chi connectivity index (χ3n) is 4.97. The molecule has 2 aromatic carbocycles. The number of anilines is 1. The molecule has 3 aromatic rings. The summed E-state index contributed by atoms with van der Waals surface area (Å²) in [5, 5.41) is 0. The van der Waals surface area contributed by atoms with E-state index < -0.39 is 0 Å². The molecule has 0 N–H and O–H groups in total. The highest BCUT2D eigenvalue weighted by Gasteiger charge is 2.26. The van der Waals surface area contributed by atoms with Gasteiger partial charge in [-0.25, -0.2) is 0 Å². The van der Waals surface area contributed by atoms with E-state index >= 15 is 0 Å².